The molecular formula is C31H37N3O4S. The number of ketones is 1. The monoisotopic (exact) mass is 547 g/mol. The van der Waals surface area contributed by atoms with Gasteiger partial charge in [0.25, 0.3) is 0 Å². The summed E-state index contributed by atoms with van der Waals surface area (Å²) in [5.74, 6) is 2.54. The summed E-state index contributed by atoms with van der Waals surface area (Å²) < 4.78 is 12.2. The summed E-state index contributed by atoms with van der Waals surface area (Å²) in [5, 5.41) is 3.23. The highest BCUT2D eigenvalue weighted by atomic mass is 32.1. The minimum absolute atomic E-state index is 0.0448. The standard InChI is InChI=1S/C31H37N3O4S/c1-4-29(36)33-31-32-21(3)30(39-31)28(35)17-20(2)23-7-11-26(12-8-23)38-27-15-16-34(18-27)24-9-13-25(14-10-24)37-19-22-5-6-22/h7-14,20,22,27H,4-6,15-19H2,1-3H3,(H,32,33,36)/t20-,27?/m1/s1. The Kier molecular flexibility index (Phi) is 8.50. The lowest BCUT2D eigenvalue weighted by atomic mass is 9.95. The third-order valence-corrected chi connectivity index (χ3v) is 8.50. The van der Waals surface area contributed by atoms with Gasteiger partial charge in [-0.3, -0.25) is 9.59 Å². The summed E-state index contributed by atoms with van der Waals surface area (Å²) >= 11 is 1.25. The number of Topliss-reactive ketones (excluding diaryl/α,β-unsaturated/α-hetero) is 1. The lowest BCUT2D eigenvalue weighted by molar-refractivity contribution is -0.115. The van der Waals surface area contributed by atoms with Crippen LogP contribution in [0.4, 0.5) is 10.8 Å². The van der Waals surface area contributed by atoms with E-state index in [1.54, 1.807) is 6.92 Å². The molecule has 2 fully saturated rings. The maximum atomic E-state index is 13.0. The van der Waals surface area contributed by atoms with Gasteiger partial charge in [0.15, 0.2) is 10.9 Å². The number of nitrogens with one attached hydrogen (secondary N) is 1. The fourth-order valence-electron chi connectivity index (χ4n) is 4.78. The molecule has 2 atom stereocenters. The van der Waals surface area contributed by atoms with Gasteiger partial charge in [-0.25, -0.2) is 4.98 Å². The Labute approximate surface area is 234 Å². The number of rotatable bonds is 12. The summed E-state index contributed by atoms with van der Waals surface area (Å²) in [5.41, 5.74) is 2.95. The molecule has 1 saturated carbocycles. The Morgan fingerprint density at radius 1 is 1.08 bits per heavy atom. The van der Waals surface area contributed by atoms with Crippen molar-refractivity contribution in [3.63, 3.8) is 0 Å². The van der Waals surface area contributed by atoms with Crippen molar-refractivity contribution < 1.29 is 19.1 Å². The molecule has 5 rings (SSSR count). The molecule has 206 valence electrons. The molecule has 0 radical (unpaired) electrons. The maximum absolute atomic E-state index is 13.0. The molecule has 1 aromatic heterocycles. The first kappa shape index (κ1) is 27.2. The van der Waals surface area contributed by atoms with Crippen molar-refractivity contribution in [2.75, 3.05) is 29.9 Å². The van der Waals surface area contributed by atoms with E-state index in [1.165, 1.54) is 29.9 Å². The molecule has 1 saturated heterocycles. The number of carbonyl (C=O) groups is 2. The Balaban J connectivity index is 1.10. The van der Waals surface area contributed by atoms with E-state index in [0.717, 1.165) is 49.1 Å². The van der Waals surface area contributed by atoms with Gasteiger partial charge in [-0.15, -0.1) is 0 Å². The molecular weight excluding hydrogens is 510 g/mol. The van der Waals surface area contributed by atoms with E-state index in [1.807, 2.05) is 31.2 Å². The highest BCUT2D eigenvalue weighted by Gasteiger charge is 2.25. The number of benzene rings is 2. The van der Waals surface area contributed by atoms with Crippen LogP contribution >= 0.6 is 11.3 Å². The molecule has 1 N–H and O–H groups in total. The average Bonchev–Trinajstić information content (AvgIpc) is 3.54. The number of aromatic nitrogens is 1. The molecule has 3 aromatic rings. The Bertz CT molecular complexity index is 1280. The molecule has 0 spiro atoms. The van der Waals surface area contributed by atoms with Crippen LogP contribution in [0.2, 0.25) is 0 Å². The van der Waals surface area contributed by atoms with Crippen molar-refractivity contribution in [3.8, 4) is 11.5 Å². The van der Waals surface area contributed by atoms with Gasteiger partial charge in [0.2, 0.25) is 5.91 Å². The maximum Gasteiger partial charge on any atom is 0.225 e. The van der Waals surface area contributed by atoms with Gasteiger partial charge in [0.05, 0.1) is 23.7 Å². The van der Waals surface area contributed by atoms with E-state index in [-0.39, 0.29) is 23.7 Å². The number of amides is 1. The highest BCUT2D eigenvalue weighted by molar-refractivity contribution is 7.17. The van der Waals surface area contributed by atoms with Crippen LogP contribution in [0.15, 0.2) is 48.5 Å². The number of aryl methyl sites for hydroxylation is 1. The van der Waals surface area contributed by atoms with Gasteiger partial charge in [0.1, 0.15) is 17.6 Å². The molecule has 2 aromatic carbocycles. The van der Waals surface area contributed by atoms with Gasteiger partial charge < -0.3 is 19.7 Å². The summed E-state index contributed by atoms with van der Waals surface area (Å²) in [6, 6.07) is 16.5. The average molecular weight is 548 g/mol. The van der Waals surface area contributed by atoms with Crippen LogP contribution in [-0.2, 0) is 4.79 Å². The van der Waals surface area contributed by atoms with Crippen molar-refractivity contribution in [1.82, 2.24) is 4.98 Å². The SMILES string of the molecule is CCC(=O)Nc1nc(C)c(C(=O)C[C@@H](C)c2ccc(OC3CCN(c4ccc(OCC5CC5)cc4)C3)cc2)s1. The summed E-state index contributed by atoms with van der Waals surface area (Å²) in [6.45, 7) is 8.30. The van der Waals surface area contributed by atoms with Crippen LogP contribution < -0.4 is 19.7 Å². The lowest BCUT2D eigenvalue weighted by Crippen LogP contribution is -2.24. The van der Waals surface area contributed by atoms with Crippen molar-refractivity contribution in [1.29, 1.82) is 0 Å². The number of hydrogen-bond acceptors (Lipinski definition) is 7. The van der Waals surface area contributed by atoms with E-state index in [0.29, 0.717) is 28.5 Å². The van der Waals surface area contributed by atoms with Crippen LogP contribution in [0.25, 0.3) is 0 Å². The lowest BCUT2D eigenvalue weighted by Gasteiger charge is -2.20. The van der Waals surface area contributed by atoms with Crippen LogP contribution in [0.1, 0.15) is 72.8 Å². The third kappa shape index (κ3) is 7.18. The normalized spacial score (nSPS) is 17.6. The van der Waals surface area contributed by atoms with Gasteiger partial charge in [-0.2, -0.15) is 0 Å². The third-order valence-electron chi connectivity index (χ3n) is 7.39. The Morgan fingerprint density at radius 3 is 2.49 bits per heavy atom. The molecule has 7 nitrogen and oxygen atoms in total. The van der Waals surface area contributed by atoms with Crippen LogP contribution in [-0.4, -0.2) is 42.5 Å². The zero-order chi connectivity index (χ0) is 27.4. The fourth-order valence-corrected chi connectivity index (χ4v) is 5.71. The molecule has 0 bridgehead atoms. The van der Waals surface area contributed by atoms with E-state index >= 15 is 0 Å². The molecule has 1 aliphatic carbocycles. The first-order valence-electron chi connectivity index (χ1n) is 13.9. The van der Waals surface area contributed by atoms with Gasteiger partial charge in [0, 0.05) is 31.5 Å². The minimum Gasteiger partial charge on any atom is -0.493 e. The van der Waals surface area contributed by atoms with Crippen LogP contribution in [0.5, 0.6) is 11.5 Å². The predicted molar refractivity (Wildman–Crippen MR) is 155 cm³/mol. The van der Waals surface area contributed by atoms with Crippen molar-refractivity contribution in [2.24, 2.45) is 5.92 Å². The summed E-state index contributed by atoms with van der Waals surface area (Å²) in [7, 11) is 0. The van der Waals surface area contributed by atoms with Crippen molar-refractivity contribution in [3.05, 3.63) is 64.7 Å². The molecule has 1 unspecified atom stereocenters. The number of nitrogens with zero attached hydrogens (tertiary/aromatic N) is 2. The first-order valence-corrected chi connectivity index (χ1v) is 14.7. The summed E-state index contributed by atoms with van der Waals surface area (Å²) in [6.07, 6.45) is 4.46. The van der Waals surface area contributed by atoms with Gasteiger partial charge in [-0.1, -0.05) is 37.3 Å². The molecule has 1 amide bonds. The second-order valence-electron chi connectivity index (χ2n) is 10.7. The second-order valence-corrected chi connectivity index (χ2v) is 11.7. The Morgan fingerprint density at radius 2 is 1.79 bits per heavy atom. The first-order chi connectivity index (χ1) is 18.9. The molecule has 8 heteroatoms. The second kappa shape index (κ2) is 12.2. The zero-order valence-electron chi connectivity index (χ0n) is 22.9. The quantitative estimate of drug-likeness (QED) is 0.257. The Hall–Kier alpha value is -3.39. The van der Waals surface area contributed by atoms with Gasteiger partial charge >= 0.3 is 0 Å². The van der Waals surface area contributed by atoms with E-state index in [9.17, 15) is 9.59 Å². The number of anilines is 2. The molecule has 39 heavy (non-hydrogen) atoms. The number of carbonyl (C=O) groups excluding carboxylic acids is 2. The molecule has 1 aliphatic heterocycles. The van der Waals surface area contributed by atoms with Crippen molar-refractivity contribution >= 4 is 33.8 Å². The number of ether oxygens (including phenoxy) is 2. The highest BCUT2D eigenvalue weighted by Crippen LogP contribution is 2.31. The topological polar surface area (TPSA) is 80.8 Å². The van der Waals surface area contributed by atoms with Gasteiger partial charge in [-0.05, 0) is 73.6 Å². The fraction of sp³-hybridized carbons (Fsp3) is 0.452. The van der Waals surface area contributed by atoms with Crippen LogP contribution in [0, 0.1) is 12.8 Å². The molecule has 2 heterocycles. The number of thiazole rings is 1. The van der Waals surface area contributed by atoms with E-state index in [4.69, 9.17) is 9.47 Å². The number of hydrogen-bond donors (Lipinski definition) is 1. The van der Waals surface area contributed by atoms with Crippen molar-refractivity contribution in [2.45, 2.75) is 64.9 Å². The van der Waals surface area contributed by atoms with E-state index in [2.05, 4.69) is 46.4 Å². The van der Waals surface area contributed by atoms with Crippen LogP contribution in [0.3, 0.4) is 0 Å². The summed E-state index contributed by atoms with van der Waals surface area (Å²) in [4.78, 5) is 31.9. The minimum atomic E-state index is -0.105. The smallest absolute Gasteiger partial charge is 0.225 e. The van der Waals surface area contributed by atoms with E-state index < -0.39 is 0 Å². The zero-order valence-corrected chi connectivity index (χ0v) is 23.8. The molecule has 2 aliphatic rings. The largest absolute Gasteiger partial charge is 0.493 e. The predicted octanol–water partition coefficient (Wildman–Crippen LogP) is 6.62.